The number of methoxy groups -OCH3 is 3. The number of ether oxygens (including phenoxy) is 3. The fourth-order valence-corrected chi connectivity index (χ4v) is 2.28. The molecule has 0 radical (unpaired) electrons. The molecule has 0 aliphatic carbocycles. The van der Waals surface area contributed by atoms with E-state index in [1.54, 1.807) is 19.1 Å². The van der Waals surface area contributed by atoms with Gasteiger partial charge in [0, 0.05) is 23.4 Å². The van der Waals surface area contributed by atoms with Gasteiger partial charge in [0.05, 0.1) is 26.3 Å². The molecule has 0 saturated carbocycles. The average molecular weight is 346 g/mol. The molecule has 0 aliphatic heterocycles. The minimum absolute atomic E-state index is 0.0869. The van der Waals surface area contributed by atoms with Gasteiger partial charge in [0.25, 0.3) is 5.91 Å². The van der Waals surface area contributed by atoms with Crippen molar-refractivity contribution in [1.82, 2.24) is 0 Å². The SMILES string of the molecule is COc1cc(C)c(NC(=O)c2ccc(OC)c([N+](=O)[O-])c2)cc1OC. The monoisotopic (exact) mass is 346 g/mol. The predicted molar refractivity (Wildman–Crippen MR) is 91.9 cm³/mol. The number of rotatable bonds is 6. The van der Waals surface area contributed by atoms with Crippen LogP contribution in [-0.4, -0.2) is 32.2 Å². The maximum absolute atomic E-state index is 12.4. The smallest absolute Gasteiger partial charge is 0.311 e. The molecule has 1 N–H and O–H groups in total. The summed E-state index contributed by atoms with van der Waals surface area (Å²) in [5, 5.41) is 13.8. The molecule has 132 valence electrons. The zero-order valence-electron chi connectivity index (χ0n) is 14.3. The van der Waals surface area contributed by atoms with Gasteiger partial charge in [-0.1, -0.05) is 0 Å². The summed E-state index contributed by atoms with van der Waals surface area (Å²) in [5.41, 5.74) is 1.14. The molecule has 0 atom stereocenters. The molecule has 8 heteroatoms. The van der Waals surface area contributed by atoms with Crippen molar-refractivity contribution in [1.29, 1.82) is 0 Å². The third-order valence-corrected chi connectivity index (χ3v) is 3.62. The van der Waals surface area contributed by atoms with Gasteiger partial charge in [-0.05, 0) is 30.7 Å². The molecule has 0 fully saturated rings. The number of nitro groups is 1. The number of amides is 1. The highest BCUT2D eigenvalue weighted by Crippen LogP contribution is 2.33. The maximum Gasteiger partial charge on any atom is 0.311 e. The predicted octanol–water partition coefficient (Wildman–Crippen LogP) is 3.18. The lowest BCUT2D eigenvalue weighted by atomic mass is 10.1. The Morgan fingerprint density at radius 3 is 2.16 bits per heavy atom. The second-order valence-electron chi connectivity index (χ2n) is 5.12. The van der Waals surface area contributed by atoms with Gasteiger partial charge >= 0.3 is 5.69 Å². The first-order valence-electron chi connectivity index (χ1n) is 7.27. The van der Waals surface area contributed by atoms with Crippen LogP contribution < -0.4 is 19.5 Å². The van der Waals surface area contributed by atoms with Gasteiger partial charge in [-0.15, -0.1) is 0 Å². The van der Waals surface area contributed by atoms with E-state index in [1.807, 2.05) is 0 Å². The van der Waals surface area contributed by atoms with Gasteiger partial charge < -0.3 is 19.5 Å². The largest absolute Gasteiger partial charge is 0.493 e. The van der Waals surface area contributed by atoms with Crippen LogP contribution in [0, 0.1) is 17.0 Å². The van der Waals surface area contributed by atoms with Crippen molar-refractivity contribution in [2.24, 2.45) is 0 Å². The summed E-state index contributed by atoms with van der Waals surface area (Å²) in [5.74, 6) is 0.604. The van der Waals surface area contributed by atoms with E-state index in [4.69, 9.17) is 14.2 Å². The van der Waals surface area contributed by atoms with Crippen molar-refractivity contribution in [3.63, 3.8) is 0 Å². The van der Waals surface area contributed by atoms with Gasteiger partial charge in [-0.3, -0.25) is 14.9 Å². The van der Waals surface area contributed by atoms with Crippen LogP contribution in [0.2, 0.25) is 0 Å². The molecular formula is C17H18N2O6. The molecule has 2 aromatic carbocycles. The highest BCUT2D eigenvalue weighted by molar-refractivity contribution is 6.05. The quantitative estimate of drug-likeness (QED) is 0.637. The minimum Gasteiger partial charge on any atom is -0.493 e. The third kappa shape index (κ3) is 3.79. The molecule has 0 aliphatic rings. The third-order valence-electron chi connectivity index (χ3n) is 3.62. The normalized spacial score (nSPS) is 10.1. The van der Waals surface area contributed by atoms with E-state index < -0.39 is 10.8 Å². The lowest BCUT2D eigenvalue weighted by Crippen LogP contribution is -2.13. The second kappa shape index (κ2) is 7.52. The van der Waals surface area contributed by atoms with Crippen LogP contribution >= 0.6 is 0 Å². The van der Waals surface area contributed by atoms with Crippen molar-refractivity contribution < 1.29 is 23.9 Å². The summed E-state index contributed by atoms with van der Waals surface area (Å²) >= 11 is 0. The molecular weight excluding hydrogens is 328 g/mol. The molecule has 25 heavy (non-hydrogen) atoms. The molecule has 2 rings (SSSR count). The molecule has 0 saturated heterocycles. The van der Waals surface area contributed by atoms with E-state index in [2.05, 4.69) is 5.32 Å². The lowest BCUT2D eigenvalue weighted by Gasteiger charge is -2.14. The summed E-state index contributed by atoms with van der Waals surface area (Å²) in [6, 6.07) is 7.37. The first-order valence-corrected chi connectivity index (χ1v) is 7.27. The molecule has 0 unspecified atom stereocenters. The van der Waals surface area contributed by atoms with Crippen LogP contribution in [0.25, 0.3) is 0 Å². The van der Waals surface area contributed by atoms with Crippen LogP contribution in [0.4, 0.5) is 11.4 Å². The van der Waals surface area contributed by atoms with Crippen LogP contribution in [0.1, 0.15) is 15.9 Å². The first kappa shape index (κ1) is 18.1. The van der Waals surface area contributed by atoms with Crippen LogP contribution in [0.3, 0.4) is 0 Å². The van der Waals surface area contributed by atoms with Crippen molar-refractivity contribution in [2.75, 3.05) is 26.6 Å². The number of nitrogens with zero attached hydrogens (tertiary/aromatic N) is 1. The number of carbonyl (C=O) groups excluding carboxylic acids is 1. The topological polar surface area (TPSA) is 99.9 Å². The van der Waals surface area contributed by atoms with E-state index >= 15 is 0 Å². The molecule has 2 aromatic rings. The summed E-state index contributed by atoms with van der Waals surface area (Å²) in [7, 11) is 4.34. The number of aryl methyl sites for hydroxylation is 1. The summed E-state index contributed by atoms with van der Waals surface area (Å²) in [4.78, 5) is 22.9. The number of hydrogen-bond acceptors (Lipinski definition) is 6. The highest BCUT2D eigenvalue weighted by Gasteiger charge is 2.19. The number of nitrogens with one attached hydrogen (secondary N) is 1. The fraction of sp³-hybridized carbons (Fsp3) is 0.235. The molecule has 0 heterocycles. The summed E-state index contributed by atoms with van der Waals surface area (Å²) < 4.78 is 15.4. The Balaban J connectivity index is 2.34. The Hall–Kier alpha value is -3.29. The molecule has 0 bridgehead atoms. The Morgan fingerprint density at radius 1 is 1.00 bits per heavy atom. The number of hydrogen-bond donors (Lipinski definition) is 1. The van der Waals surface area contributed by atoms with Gasteiger partial charge in [-0.2, -0.15) is 0 Å². The number of benzene rings is 2. The Bertz CT molecular complexity index is 819. The Morgan fingerprint density at radius 2 is 1.60 bits per heavy atom. The zero-order chi connectivity index (χ0) is 18.6. The van der Waals surface area contributed by atoms with Crippen LogP contribution in [0.5, 0.6) is 17.2 Å². The van der Waals surface area contributed by atoms with E-state index in [-0.39, 0.29) is 17.0 Å². The fourth-order valence-electron chi connectivity index (χ4n) is 2.28. The van der Waals surface area contributed by atoms with E-state index in [0.717, 1.165) is 5.56 Å². The van der Waals surface area contributed by atoms with Gasteiger partial charge in [0.15, 0.2) is 17.2 Å². The Kier molecular flexibility index (Phi) is 5.43. The number of nitro benzene ring substituents is 1. The van der Waals surface area contributed by atoms with E-state index in [9.17, 15) is 14.9 Å². The summed E-state index contributed by atoms with van der Waals surface area (Å²) in [6.45, 7) is 1.80. The van der Waals surface area contributed by atoms with Gasteiger partial charge in [0.1, 0.15) is 0 Å². The van der Waals surface area contributed by atoms with Crippen LogP contribution in [-0.2, 0) is 0 Å². The molecule has 0 spiro atoms. The maximum atomic E-state index is 12.4. The highest BCUT2D eigenvalue weighted by atomic mass is 16.6. The van der Waals surface area contributed by atoms with Crippen molar-refractivity contribution in [2.45, 2.75) is 6.92 Å². The minimum atomic E-state index is -0.600. The second-order valence-corrected chi connectivity index (χ2v) is 5.12. The Labute approximate surface area is 144 Å². The van der Waals surface area contributed by atoms with Crippen LogP contribution in [0.15, 0.2) is 30.3 Å². The van der Waals surface area contributed by atoms with Crippen molar-refractivity contribution in [3.8, 4) is 17.2 Å². The van der Waals surface area contributed by atoms with E-state index in [0.29, 0.717) is 17.2 Å². The van der Waals surface area contributed by atoms with Gasteiger partial charge in [0.2, 0.25) is 0 Å². The lowest BCUT2D eigenvalue weighted by molar-refractivity contribution is -0.385. The van der Waals surface area contributed by atoms with Gasteiger partial charge in [-0.25, -0.2) is 0 Å². The molecule has 1 amide bonds. The standard InChI is InChI=1S/C17H18N2O6/c1-10-7-15(24-3)16(25-4)9-12(10)18-17(20)11-5-6-14(23-2)13(8-11)19(21)22/h5-9H,1-4H3,(H,18,20). The average Bonchev–Trinajstić information content (AvgIpc) is 2.62. The van der Waals surface area contributed by atoms with Crippen molar-refractivity contribution in [3.05, 3.63) is 51.6 Å². The molecule has 8 nitrogen and oxygen atoms in total. The number of anilines is 1. The zero-order valence-corrected chi connectivity index (χ0v) is 14.3. The van der Waals surface area contributed by atoms with E-state index in [1.165, 1.54) is 39.5 Å². The number of carbonyl (C=O) groups is 1. The molecule has 0 aromatic heterocycles. The summed E-state index contributed by atoms with van der Waals surface area (Å²) in [6.07, 6.45) is 0. The van der Waals surface area contributed by atoms with Crippen molar-refractivity contribution >= 4 is 17.3 Å². The first-order chi connectivity index (χ1) is 11.9.